The highest BCUT2D eigenvalue weighted by molar-refractivity contribution is 7.13. The fourth-order valence-corrected chi connectivity index (χ4v) is 2.30. The highest BCUT2D eigenvalue weighted by atomic mass is 32.1. The number of rotatable bonds is 4. The minimum absolute atomic E-state index is 0.363. The third kappa shape index (κ3) is 2.83. The van der Waals surface area contributed by atoms with Crippen LogP contribution in [-0.4, -0.2) is 11.6 Å². The van der Waals surface area contributed by atoms with E-state index < -0.39 is 0 Å². The molecule has 0 aliphatic rings. The van der Waals surface area contributed by atoms with Crippen molar-refractivity contribution in [2.45, 2.75) is 13.3 Å². The Hall–Kier alpha value is -1.86. The Morgan fingerprint density at radius 1 is 1.47 bits per heavy atom. The van der Waals surface area contributed by atoms with E-state index in [1.54, 1.807) is 11.3 Å². The Bertz CT molecular complexity index is 542. The van der Waals surface area contributed by atoms with E-state index in [-0.39, 0.29) is 0 Å². The number of thiazole rings is 1. The predicted molar refractivity (Wildman–Crippen MR) is 68.0 cm³/mol. The van der Waals surface area contributed by atoms with Gasteiger partial charge in [-0.25, -0.2) is 4.98 Å². The molecule has 3 nitrogen and oxygen atoms in total. The van der Waals surface area contributed by atoms with E-state index in [1.165, 1.54) is 0 Å². The Labute approximate surface area is 104 Å². The van der Waals surface area contributed by atoms with Crippen LogP contribution in [0.3, 0.4) is 0 Å². The van der Waals surface area contributed by atoms with E-state index in [1.807, 2.05) is 36.6 Å². The van der Waals surface area contributed by atoms with Gasteiger partial charge in [-0.1, -0.05) is 12.1 Å². The van der Waals surface area contributed by atoms with Gasteiger partial charge in [0.25, 0.3) is 0 Å². The van der Waals surface area contributed by atoms with Crippen molar-refractivity contribution < 1.29 is 4.74 Å². The van der Waals surface area contributed by atoms with Crippen molar-refractivity contribution in [3.63, 3.8) is 0 Å². The molecule has 1 aromatic heterocycles. The van der Waals surface area contributed by atoms with Crippen LogP contribution in [0.4, 0.5) is 0 Å². The standard InChI is InChI=1S/C13H12N2OS/c1-2-16-12-5-3-4-10(8-12)13-15-11(6-7-14)9-17-13/h3-5,8-9H,2,6H2,1H3. The number of hydrogen-bond acceptors (Lipinski definition) is 4. The third-order valence-electron chi connectivity index (χ3n) is 2.20. The lowest BCUT2D eigenvalue weighted by Gasteiger charge is -2.03. The number of nitriles is 1. The van der Waals surface area contributed by atoms with Gasteiger partial charge in [0.2, 0.25) is 0 Å². The first kappa shape index (κ1) is 11.6. The molecule has 0 aliphatic carbocycles. The van der Waals surface area contributed by atoms with Gasteiger partial charge < -0.3 is 4.74 Å². The third-order valence-corrected chi connectivity index (χ3v) is 3.14. The van der Waals surface area contributed by atoms with E-state index in [0.717, 1.165) is 22.0 Å². The summed E-state index contributed by atoms with van der Waals surface area (Å²) in [7, 11) is 0. The summed E-state index contributed by atoms with van der Waals surface area (Å²) in [6.45, 7) is 2.61. The second-order valence-corrected chi connectivity index (χ2v) is 4.30. The minimum Gasteiger partial charge on any atom is -0.494 e. The average molecular weight is 244 g/mol. The molecule has 0 amide bonds. The van der Waals surface area contributed by atoms with Gasteiger partial charge in [-0.2, -0.15) is 5.26 Å². The van der Waals surface area contributed by atoms with E-state index in [9.17, 15) is 0 Å². The molecule has 0 aliphatic heterocycles. The lowest BCUT2D eigenvalue weighted by molar-refractivity contribution is 0.340. The average Bonchev–Trinajstić information content (AvgIpc) is 2.79. The zero-order valence-corrected chi connectivity index (χ0v) is 10.3. The normalized spacial score (nSPS) is 9.88. The summed E-state index contributed by atoms with van der Waals surface area (Å²) in [6.07, 6.45) is 0.363. The number of nitrogens with zero attached hydrogens (tertiary/aromatic N) is 2. The monoisotopic (exact) mass is 244 g/mol. The second kappa shape index (κ2) is 5.46. The molecule has 0 bridgehead atoms. The van der Waals surface area contributed by atoms with E-state index in [0.29, 0.717) is 13.0 Å². The summed E-state index contributed by atoms with van der Waals surface area (Å²) in [5.41, 5.74) is 1.86. The number of hydrogen-bond donors (Lipinski definition) is 0. The van der Waals surface area contributed by atoms with Crippen molar-refractivity contribution >= 4 is 11.3 Å². The van der Waals surface area contributed by atoms with Gasteiger partial charge in [0, 0.05) is 10.9 Å². The molecule has 0 N–H and O–H groups in total. The van der Waals surface area contributed by atoms with Crippen molar-refractivity contribution in [3.8, 4) is 22.4 Å². The lowest BCUT2D eigenvalue weighted by Crippen LogP contribution is -1.91. The van der Waals surface area contributed by atoms with E-state index in [4.69, 9.17) is 10.00 Å². The van der Waals surface area contributed by atoms with Crippen LogP contribution in [0.15, 0.2) is 29.6 Å². The molecule has 2 aromatic rings. The summed E-state index contributed by atoms with van der Waals surface area (Å²) < 4.78 is 5.45. The smallest absolute Gasteiger partial charge is 0.123 e. The van der Waals surface area contributed by atoms with Gasteiger partial charge in [0.1, 0.15) is 10.8 Å². The molecule has 86 valence electrons. The summed E-state index contributed by atoms with van der Waals surface area (Å²) in [4.78, 5) is 4.41. The van der Waals surface area contributed by atoms with E-state index >= 15 is 0 Å². The van der Waals surface area contributed by atoms with Crippen LogP contribution in [-0.2, 0) is 6.42 Å². The van der Waals surface area contributed by atoms with Gasteiger partial charge in [0.15, 0.2) is 0 Å². The first-order valence-electron chi connectivity index (χ1n) is 5.38. The fraction of sp³-hybridized carbons (Fsp3) is 0.231. The van der Waals surface area contributed by atoms with Crippen LogP contribution in [0.25, 0.3) is 10.6 Å². The maximum atomic E-state index is 8.61. The zero-order valence-electron chi connectivity index (χ0n) is 9.51. The van der Waals surface area contributed by atoms with Gasteiger partial charge in [-0.15, -0.1) is 11.3 Å². The Morgan fingerprint density at radius 2 is 2.35 bits per heavy atom. The topological polar surface area (TPSA) is 45.9 Å². The van der Waals surface area contributed by atoms with Crippen molar-refractivity contribution in [3.05, 3.63) is 35.3 Å². The molecule has 0 spiro atoms. The first-order valence-corrected chi connectivity index (χ1v) is 6.26. The van der Waals surface area contributed by atoms with E-state index in [2.05, 4.69) is 11.1 Å². The molecule has 0 fully saturated rings. The maximum Gasteiger partial charge on any atom is 0.123 e. The number of ether oxygens (including phenoxy) is 1. The fourth-order valence-electron chi connectivity index (χ4n) is 1.49. The molecule has 0 saturated carbocycles. The Kier molecular flexibility index (Phi) is 3.73. The second-order valence-electron chi connectivity index (χ2n) is 3.44. The Morgan fingerprint density at radius 3 is 3.12 bits per heavy atom. The van der Waals surface area contributed by atoms with Crippen molar-refractivity contribution in [1.82, 2.24) is 4.98 Å². The van der Waals surface area contributed by atoms with Gasteiger partial charge in [0.05, 0.1) is 24.8 Å². The van der Waals surface area contributed by atoms with Crippen molar-refractivity contribution in [2.75, 3.05) is 6.61 Å². The highest BCUT2D eigenvalue weighted by Gasteiger charge is 2.05. The van der Waals surface area contributed by atoms with Gasteiger partial charge in [-0.05, 0) is 19.1 Å². The SMILES string of the molecule is CCOc1cccc(-c2nc(CC#N)cs2)c1. The molecule has 0 saturated heterocycles. The molecular weight excluding hydrogens is 232 g/mol. The molecule has 4 heteroatoms. The molecule has 0 atom stereocenters. The molecule has 17 heavy (non-hydrogen) atoms. The highest BCUT2D eigenvalue weighted by Crippen LogP contribution is 2.27. The van der Waals surface area contributed by atoms with Crippen LogP contribution >= 0.6 is 11.3 Å². The largest absolute Gasteiger partial charge is 0.494 e. The predicted octanol–water partition coefficient (Wildman–Crippen LogP) is 3.27. The van der Waals surface area contributed by atoms with Crippen molar-refractivity contribution in [1.29, 1.82) is 5.26 Å². The zero-order chi connectivity index (χ0) is 12.1. The molecule has 1 heterocycles. The van der Waals surface area contributed by atoms with Crippen molar-refractivity contribution in [2.24, 2.45) is 0 Å². The summed E-state index contributed by atoms with van der Waals surface area (Å²) in [5, 5.41) is 11.5. The van der Waals surface area contributed by atoms with Crippen LogP contribution < -0.4 is 4.74 Å². The molecule has 0 unspecified atom stereocenters. The number of benzene rings is 1. The van der Waals surface area contributed by atoms with Gasteiger partial charge >= 0.3 is 0 Å². The molecule has 2 rings (SSSR count). The molecular formula is C13H12N2OS. The van der Waals surface area contributed by atoms with Crippen LogP contribution in [0.1, 0.15) is 12.6 Å². The Balaban J connectivity index is 2.26. The van der Waals surface area contributed by atoms with Crippen LogP contribution in [0, 0.1) is 11.3 Å². The first-order chi connectivity index (χ1) is 8.33. The minimum atomic E-state index is 0.363. The quantitative estimate of drug-likeness (QED) is 0.829. The van der Waals surface area contributed by atoms with Crippen LogP contribution in [0.5, 0.6) is 5.75 Å². The molecule has 1 aromatic carbocycles. The summed E-state index contributed by atoms with van der Waals surface area (Å²) in [5.74, 6) is 0.849. The lowest BCUT2D eigenvalue weighted by atomic mass is 10.2. The summed E-state index contributed by atoms with van der Waals surface area (Å²) in [6, 6.07) is 9.95. The van der Waals surface area contributed by atoms with Gasteiger partial charge in [-0.3, -0.25) is 0 Å². The maximum absolute atomic E-state index is 8.61. The van der Waals surface area contributed by atoms with Crippen LogP contribution in [0.2, 0.25) is 0 Å². The number of aromatic nitrogens is 1. The molecule has 0 radical (unpaired) electrons. The summed E-state index contributed by atoms with van der Waals surface area (Å²) >= 11 is 1.55.